The molecule has 10 rings (SSSR count). The molecule has 0 radical (unpaired) electrons. The molecule has 0 aliphatic heterocycles. The molecule has 0 unspecified atom stereocenters. The maximum absolute atomic E-state index is 2.66. The predicted octanol–water partition coefficient (Wildman–Crippen LogP) is 13.5. The van der Waals surface area contributed by atoms with E-state index in [1.165, 1.54) is 114 Å². The lowest BCUT2D eigenvalue weighted by atomic mass is 9.57. The molecule has 0 heterocycles. The van der Waals surface area contributed by atoms with Crippen molar-refractivity contribution in [1.29, 1.82) is 0 Å². The molecule has 1 spiro atoms. The first-order valence-corrected chi connectivity index (χ1v) is 20.0. The normalized spacial score (nSPS) is 15.3. The summed E-state index contributed by atoms with van der Waals surface area (Å²) < 4.78 is 0. The monoisotopic (exact) mass is 682 g/mol. The molecular formula is C53H46. The third-order valence-corrected chi connectivity index (χ3v) is 12.6. The van der Waals surface area contributed by atoms with Gasteiger partial charge in [0, 0.05) is 0 Å². The molecule has 3 aliphatic rings. The van der Waals surface area contributed by atoms with Gasteiger partial charge in [-0.25, -0.2) is 0 Å². The lowest BCUT2D eigenvalue weighted by Crippen LogP contribution is -2.35. The van der Waals surface area contributed by atoms with Gasteiger partial charge in [-0.15, -0.1) is 0 Å². The van der Waals surface area contributed by atoms with Crippen LogP contribution in [0.1, 0.15) is 95.2 Å². The van der Waals surface area contributed by atoms with Gasteiger partial charge in [-0.05, 0) is 144 Å². The number of hydrogen-bond donors (Lipinski definition) is 0. The summed E-state index contributed by atoms with van der Waals surface area (Å²) in [5.74, 6) is 0. The van der Waals surface area contributed by atoms with E-state index in [0.717, 1.165) is 25.7 Å². The molecule has 0 aromatic heterocycles. The molecular weight excluding hydrogens is 637 g/mol. The van der Waals surface area contributed by atoms with Gasteiger partial charge in [0.05, 0.1) is 5.41 Å². The van der Waals surface area contributed by atoms with Crippen LogP contribution in [-0.4, -0.2) is 0 Å². The molecule has 0 atom stereocenters. The van der Waals surface area contributed by atoms with Crippen LogP contribution in [0.25, 0.3) is 38.3 Å². The largest absolute Gasteiger partial charge is 0.0728 e. The fourth-order valence-electron chi connectivity index (χ4n) is 10.4. The molecule has 0 nitrogen and oxygen atoms in total. The van der Waals surface area contributed by atoms with E-state index in [1.807, 2.05) is 0 Å². The summed E-state index contributed by atoms with van der Waals surface area (Å²) in [6.45, 7) is 4.66. The van der Waals surface area contributed by atoms with Gasteiger partial charge < -0.3 is 0 Å². The first kappa shape index (κ1) is 32.2. The minimum Gasteiger partial charge on any atom is -0.0654 e. The Morgan fingerprint density at radius 2 is 1.04 bits per heavy atom. The van der Waals surface area contributed by atoms with Gasteiger partial charge in [0.1, 0.15) is 0 Å². The van der Waals surface area contributed by atoms with Gasteiger partial charge in [-0.2, -0.15) is 0 Å². The summed E-state index contributed by atoms with van der Waals surface area (Å²) in [4.78, 5) is 0. The third kappa shape index (κ3) is 4.81. The number of allylic oxidation sites excluding steroid dienone is 4. The number of benzene rings is 7. The van der Waals surface area contributed by atoms with Crippen LogP contribution in [0.3, 0.4) is 0 Å². The molecule has 0 saturated carbocycles. The van der Waals surface area contributed by atoms with E-state index in [0.29, 0.717) is 0 Å². The summed E-state index contributed by atoms with van der Waals surface area (Å²) in [5.41, 5.74) is 20.0. The van der Waals surface area contributed by atoms with Crippen molar-refractivity contribution in [3.8, 4) is 0 Å². The molecule has 0 fully saturated rings. The second-order valence-electron chi connectivity index (χ2n) is 15.6. The summed E-state index contributed by atoms with van der Waals surface area (Å²) in [6, 6.07) is 56.2. The van der Waals surface area contributed by atoms with Crippen molar-refractivity contribution in [3.63, 3.8) is 0 Å². The number of rotatable bonds is 8. The lowest BCUT2D eigenvalue weighted by molar-refractivity contribution is 0.757. The summed E-state index contributed by atoms with van der Waals surface area (Å²) in [7, 11) is 0. The number of fused-ring (bicyclic) bond motifs is 9. The van der Waals surface area contributed by atoms with Gasteiger partial charge in [0.15, 0.2) is 0 Å². The number of unbranched alkanes of at least 4 members (excludes halogenated alkanes) is 2. The van der Waals surface area contributed by atoms with Gasteiger partial charge in [0.2, 0.25) is 0 Å². The van der Waals surface area contributed by atoms with Crippen molar-refractivity contribution in [2.45, 2.75) is 70.6 Å². The standard InChI is InChI=1S/C53H46/c1-3-5-18-36-30-42-34-46-50(45(42)33-37(36)19-6-4-2)52(49-43-26-14-10-22-38(43)31-39-23-11-15-27-44(39)49)53(51(46)35-20-8-7-9-21-35)47-28-16-12-24-40(47)32-41-25-13-17-29-48(41)53/h7-17,20-31,33H,3-6,18-19,32,34H2,1-2H3. The highest BCUT2D eigenvalue weighted by atomic mass is 14.6. The summed E-state index contributed by atoms with van der Waals surface area (Å²) >= 11 is 0. The topological polar surface area (TPSA) is 0 Å². The minimum absolute atomic E-state index is 0.494. The van der Waals surface area contributed by atoms with Gasteiger partial charge in [-0.1, -0.05) is 166 Å². The van der Waals surface area contributed by atoms with E-state index in [4.69, 9.17) is 0 Å². The van der Waals surface area contributed by atoms with Crippen LogP contribution in [0.15, 0.2) is 151 Å². The Morgan fingerprint density at radius 1 is 0.491 bits per heavy atom. The third-order valence-electron chi connectivity index (χ3n) is 12.6. The van der Waals surface area contributed by atoms with Crippen molar-refractivity contribution >= 4 is 38.3 Å². The van der Waals surface area contributed by atoms with Gasteiger partial charge in [-0.3, -0.25) is 0 Å². The average Bonchev–Trinajstić information content (AvgIpc) is 3.69. The quantitative estimate of drug-likeness (QED) is 0.140. The zero-order chi connectivity index (χ0) is 35.5. The molecule has 258 valence electrons. The Kier molecular flexibility index (Phi) is 7.83. The molecule has 0 amide bonds. The lowest BCUT2D eigenvalue weighted by Gasteiger charge is -2.44. The fraction of sp³-hybridized carbons (Fsp3) is 0.208. The molecule has 0 N–H and O–H groups in total. The van der Waals surface area contributed by atoms with Crippen molar-refractivity contribution in [1.82, 2.24) is 0 Å². The molecule has 0 saturated heterocycles. The Labute approximate surface area is 314 Å². The van der Waals surface area contributed by atoms with E-state index in [9.17, 15) is 0 Å². The van der Waals surface area contributed by atoms with Crippen molar-refractivity contribution in [2.75, 3.05) is 0 Å². The van der Waals surface area contributed by atoms with E-state index >= 15 is 0 Å². The van der Waals surface area contributed by atoms with Crippen molar-refractivity contribution < 1.29 is 0 Å². The van der Waals surface area contributed by atoms with Crippen molar-refractivity contribution in [2.24, 2.45) is 0 Å². The number of aryl methyl sites for hydroxylation is 2. The number of hydrogen-bond acceptors (Lipinski definition) is 0. The first-order valence-electron chi connectivity index (χ1n) is 20.0. The van der Waals surface area contributed by atoms with Gasteiger partial charge in [0.25, 0.3) is 0 Å². The summed E-state index contributed by atoms with van der Waals surface area (Å²) in [5, 5.41) is 5.27. The summed E-state index contributed by atoms with van der Waals surface area (Å²) in [6.07, 6.45) is 9.10. The van der Waals surface area contributed by atoms with Crippen molar-refractivity contribution in [3.05, 3.63) is 207 Å². The van der Waals surface area contributed by atoms with Crippen LogP contribution in [0.4, 0.5) is 0 Å². The Bertz CT molecular complexity index is 2530. The second kappa shape index (κ2) is 12.9. The molecule has 7 aromatic rings. The predicted molar refractivity (Wildman–Crippen MR) is 225 cm³/mol. The zero-order valence-electron chi connectivity index (χ0n) is 31.0. The van der Waals surface area contributed by atoms with Crippen LogP contribution < -0.4 is 0 Å². The minimum atomic E-state index is -0.494. The van der Waals surface area contributed by atoms with E-state index in [-0.39, 0.29) is 0 Å². The second-order valence-corrected chi connectivity index (χ2v) is 15.6. The molecule has 0 heteroatoms. The Balaban J connectivity index is 1.44. The molecule has 7 aromatic carbocycles. The van der Waals surface area contributed by atoms with Crippen LogP contribution >= 0.6 is 0 Å². The SMILES string of the molecule is CCCCc1cc2c(cc1CCCC)C1=C(c3c4ccccc4cc4ccccc34)C3(C(c4ccccc4)=C1C2)c1ccccc1Cc1ccccc13. The maximum Gasteiger partial charge on any atom is 0.0728 e. The van der Waals surface area contributed by atoms with Crippen LogP contribution in [0, 0.1) is 0 Å². The molecule has 3 aliphatic carbocycles. The average molecular weight is 683 g/mol. The van der Waals surface area contributed by atoms with E-state index < -0.39 is 5.41 Å². The Hall–Kier alpha value is -5.46. The van der Waals surface area contributed by atoms with Crippen LogP contribution in [-0.2, 0) is 31.1 Å². The maximum atomic E-state index is 2.66. The zero-order valence-corrected chi connectivity index (χ0v) is 31.0. The van der Waals surface area contributed by atoms with E-state index in [2.05, 4.69) is 159 Å². The van der Waals surface area contributed by atoms with Gasteiger partial charge >= 0.3 is 0 Å². The highest BCUT2D eigenvalue weighted by molar-refractivity contribution is 6.26. The molecule has 53 heavy (non-hydrogen) atoms. The van der Waals surface area contributed by atoms with E-state index in [1.54, 1.807) is 11.1 Å². The fourth-order valence-corrected chi connectivity index (χ4v) is 10.4. The highest BCUT2D eigenvalue weighted by Crippen LogP contribution is 2.68. The van der Waals surface area contributed by atoms with Crippen LogP contribution in [0.5, 0.6) is 0 Å². The first-order chi connectivity index (χ1) is 26.2. The van der Waals surface area contributed by atoms with Crippen LogP contribution in [0.2, 0.25) is 0 Å². The molecule has 0 bridgehead atoms. The Morgan fingerprint density at radius 3 is 1.66 bits per heavy atom. The highest BCUT2D eigenvalue weighted by Gasteiger charge is 2.55. The smallest absolute Gasteiger partial charge is 0.0654 e.